The molecule has 15 aromatic rings. The van der Waals surface area contributed by atoms with E-state index in [1.54, 1.807) is 0 Å². The van der Waals surface area contributed by atoms with E-state index in [1.165, 1.54) is 32.8 Å². The summed E-state index contributed by atoms with van der Waals surface area (Å²) in [6, 6.07) is 108. The zero-order valence-corrected chi connectivity index (χ0v) is 47.0. The molecule has 2 aromatic heterocycles. The molecule has 0 N–H and O–H groups in total. The molecule has 13 aromatic carbocycles. The lowest BCUT2D eigenvalue weighted by Gasteiger charge is -2.47. The van der Waals surface area contributed by atoms with Gasteiger partial charge in [-0.1, -0.05) is 170 Å². The average molecular weight is 1110 g/mol. The summed E-state index contributed by atoms with van der Waals surface area (Å²) in [6.45, 7) is -0.367. The minimum atomic E-state index is -0.197. The van der Waals surface area contributed by atoms with E-state index in [1.807, 2.05) is 0 Å². The Hall–Kier alpha value is -11.4. The van der Waals surface area contributed by atoms with Crippen LogP contribution < -0.4 is 57.3 Å². The van der Waals surface area contributed by atoms with Crippen LogP contribution >= 0.6 is 0 Å². The number of hydrogen-bond donors (Lipinski definition) is 0. The number of benzene rings is 13. The number of anilines is 15. The molecule has 7 nitrogen and oxygen atoms in total. The molecule has 87 heavy (non-hydrogen) atoms. The van der Waals surface area contributed by atoms with Crippen LogP contribution in [0.3, 0.4) is 0 Å². The summed E-state index contributed by atoms with van der Waals surface area (Å²) in [6.07, 6.45) is 0. The Bertz CT molecular complexity index is 5240. The van der Waals surface area contributed by atoms with Gasteiger partial charge in [0, 0.05) is 103 Å². The van der Waals surface area contributed by atoms with Gasteiger partial charge >= 0.3 is 0 Å². The normalized spacial score (nSPS) is 13.4. The van der Waals surface area contributed by atoms with E-state index >= 15 is 0 Å². The summed E-state index contributed by atoms with van der Waals surface area (Å²) in [5, 5.41) is 4.31. The Morgan fingerprint density at radius 3 is 1.17 bits per heavy atom. The molecule has 0 bridgehead atoms. The van der Waals surface area contributed by atoms with Gasteiger partial charge in [-0.2, -0.15) is 0 Å². The third kappa shape index (κ3) is 6.90. The zero-order chi connectivity index (χ0) is 56.8. The second kappa shape index (κ2) is 18.5. The minimum Gasteiger partial charge on any atom is -0.456 e. The van der Waals surface area contributed by atoms with E-state index in [9.17, 15) is 0 Å². The van der Waals surface area contributed by atoms with Crippen molar-refractivity contribution >= 4 is 175 Å². The third-order valence-electron chi connectivity index (χ3n) is 18.5. The van der Waals surface area contributed by atoms with E-state index in [4.69, 9.17) is 8.83 Å². The van der Waals surface area contributed by atoms with Crippen molar-refractivity contribution in [1.29, 1.82) is 0 Å². The van der Waals surface area contributed by atoms with E-state index in [2.05, 4.69) is 322 Å². The number of para-hydroxylation sites is 9. The first-order valence-electron chi connectivity index (χ1n) is 29.9. The van der Waals surface area contributed by atoms with Gasteiger partial charge in [-0.3, -0.25) is 0 Å². The summed E-state index contributed by atoms with van der Waals surface area (Å²) in [5.41, 5.74) is 27.1. The summed E-state index contributed by atoms with van der Waals surface area (Å²) >= 11 is 0. The van der Waals surface area contributed by atoms with Crippen molar-refractivity contribution in [2.24, 2.45) is 0 Å². The molecule has 9 heteroatoms. The summed E-state index contributed by atoms with van der Waals surface area (Å²) < 4.78 is 14.4. The van der Waals surface area contributed by atoms with Crippen LogP contribution in [-0.4, -0.2) is 13.4 Å². The molecule has 0 atom stereocenters. The molecule has 404 valence electrons. The third-order valence-corrected chi connectivity index (χ3v) is 18.5. The second-order valence-electron chi connectivity index (χ2n) is 23.1. The molecule has 6 heterocycles. The van der Waals surface area contributed by atoms with Crippen LogP contribution in [0.25, 0.3) is 43.9 Å². The number of furan rings is 2. The van der Waals surface area contributed by atoms with E-state index < -0.39 is 0 Å². The van der Waals surface area contributed by atoms with Crippen molar-refractivity contribution in [3.8, 4) is 0 Å². The highest BCUT2D eigenvalue weighted by molar-refractivity contribution is 7.03. The van der Waals surface area contributed by atoms with Crippen LogP contribution in [0.2, 0.25) is 0 Å². The maximum atomic E-state index is 7.42. The molecule has 0 radical (unpaired) electrons. The lowest BCUT2D eigenvalue weighted by atomic mass is 9.30. The van der Waals surface area contributed by atoms with Gasteiger partial charge in [0.25, 0.3) is 13.4 Å². The topological polar surface area (TPSA) is 42.5 Å². The lowest BCUT2D eigenvalue weighted by Crippen LogP contribution is -2.65. The summed E-state index contributed by atoms with van der Waals surface area (Å²) in [5.74, 6) is 0. The van der Waals surface area contributed by atoms with Gasteiger partial charge < -0.3 is 33.3 Å². The monoisotopic (exact) mass is 1110 g/mol. The fourth-order valence-electron chi connectivity index (χ4n) is 15.1. The first-order chi connectivity index (χ1) is 43.2. The van der Waals surface area contributed by atoms with Crippen LogP contribution in [-0.2, 0) is 0 Å². The van der Waals surface area contributed by atoms with Gasteiger partial charge in [0.1, 0.15) is 22.3 Å². The van der Waals surface area contributed by atoms with Crippen LogP contribution in [0.15, 0.2) is 306 Å². The van der Waals surface area contributed by atoms with Crippen molar-refractivity contribution in [2.45, 2.75) is 0 Å². The fourth-order valence-corrected chi connectivity index (χ4v) is 15.1. The standard InChI is InChI=1S/C78H49B2N5O2/c1-7-25-50(26-8-1)81(51-27-9-2-10-28-51)56-43-44-58-70(45-56)87-72-49-68-76-77(74(58)72)84(54-33-15-5-16-34-54)64-41-23-21-39-60(64)80(76)61-46-62-66(47-65(61)83(68)53-31-13-4-14-32-53)85(55-35-17-6-18-36-55)78-73-57-37-19-24-42-69(57)86-71(73)48-67-75(78)79(62)59-38-20-22-40-63(59)82(67)52-29-11-3-12-30-52/h1-49H. The molecular weight excluding hydrogens is 1060 g/mol. The van der Waals surface area contributed by atoms with E-state index in [0.29, 0.717) is 0 Å². The van der Waals surface area contributed by atoms with Gasteiger partial charge in [0.2, 0.25) is 0 Å². The summed E-state index contributed by atoms with van der Waals surface area (Å²) in [7, 11) is 0. The van der Waals surface area contributed by atoms with Gasteiger partial charge in [-0.25, -0.2) is 0 Å². The Morgan fingerprint density at radius 2 is 0.644 bits per heavy atom. The van der Waals surface area contributed by atoms with E-state index in [-0.39, 0.29) is 13.4 Å². The van der Waals surface area contributed by atoms with Crippen LogP contribution in [0.5, 0.6) is 0 Å². The van der Waals surface area contributed by atoms with Gasteiger partial charge in [0.05, 0.1) is 22.1 Å². The SMILES string of the molecule is c1ccc(N(c2ccccc2)c2ccc3c(c2)oc2cc4c5c(c23)N(c2ccccc2)c2ccccc2B5c2cc3c(cc2N4c2ccccc2)N(c2ccccc2)c2c4c(cc5oc6ccccc6c25)N(c2ccccc2)c2ccccc2B34)cc1. The molecule has 4 aliphatic heterocycles. The van der Waals surface area contributed by atoms with Crippen molar-refractivity contribution in [2.75, 3.05) is 24.5 Å². The van der Waals surface area contributed by atoms with Crippen LogP contribution in [0.1, 0.15) is 0 Å². The average Bonchev–Trinajstić information content (AvgIpc) is 1.66. The highest BCUT2D eigenvalue weighted by Gasteiger charge is 2.50. The van der Waals surface area contributed by atoms with Crippen molar-refractivity contribution in [3.05, 3.63) is 297 Å². The highest BCUT2D eigenvalue weighted by atomic mass is 16.3. The lowest BCUT2D eigenvalue weighted by molar-refractivity contribution is 0.668. The number of rotatable bonds is 7. The van der Waals surface area contributed by atoms with Gasteiger partial charge in [0.15, 0.2) is 0 Å². The number of fused-ring (bicyclic) bond motifs is 16. The molecule has 0 spiro atoms. The minimum absolute atomic E-state index is 0.170. The molecule has 0 saturated carbocycles. The van der Waals surface area contributed by atoms with Crippen molar-refractivity contribution in [1.82, 2.24) is 0 Å². The Balaban J connectivity index is 0.939. The Morgan fingerprint density at radius 1 is 0.253 bits per heavy atom. The molecule has 19 rings (SSSR count). The summed E-state index contributed by atoms with van der Waals surface area (Å²) in [4.78, 5) is 12.4. The van der Waals surface area contributed by atoms with Crippen molar-refractivity contribution < 1.29 is 8.83 Å². The predicted molar refractivity (Wildman–Crippen MR) is 364 cm³/mol. The molecule has 4 aliphatic rings. The predicted octanol–water partition coefficient (Wildman–Crippen LogP) is 17.1. The molecule has 0 amide bonds. The van der Waals surface area contributed by atoms with Gasteiger partial charge in [-0.15, -0.1) is 0 Å². The fraction of sp³-hybridized carbons (Fsp3) is 0. The largest absolute Gasteiger partial charge is 0.456 e. The van der Waals surface area contributed by atoms with Crippen molar-refractivity contribution in [3.63, 3.8) is 0 Å². The molecule has 0 aliphatic carbocycles. The second-order valence-corrected chi connectivity index (χ2v) is 23.1. The van der Waals surface area contributed by atoms with Crippen LogP contribution in [0, 0.1) is 0 Å². The number of hydrogen-bond acceptors (Lipinski definition) is 7. The molecule has 0 fully saturated rings. The Labute approximate surface area is 503 Å². The molecule has 0 unspecified atom stereocenters. The smallest absolute Gasteiger partial charge is 0.252 e. The first kappa shape index (κ1) is 48.0. The maximum absolute atomic E-state index is 7.42. The Kier molecular flexibility index (Phi) is 10.2. The zero-order valence-electron chi connectivity index (χ0n) is 47.0. The molecular formula is C78H49B2N5O2. The number of nitrogens with zero attached hydrogens (tertiary/aromatic N) is 5. The quantitative estimate of drug-likeness (QED) is 0.147. The highest BCUT2D eigenvalue weighted by Crippen LogP contribution is 2.54. The maximum Gasteiger partial charge on any atom is 0.252 e. The van der Waals surface area contributed by atoms with Crippen LogP contribution in [0.4, 0.5) is 85.3 Å². The van der Waals surface area contributed by atoms with Gasteiger partial charge in [-0.05, 0) is 142 Å². The first-order valence-corrected chi connectivity index (χ1v) is 29.9. The molecule has 0 saturated heterocycles. The van der Waals surface area contributed by atoms with E-state index in [0.717, 1.165) is 129 Å².